The number of aromatic nitrogens is 2. The quantitative estimate of drug-likeness (QED) is 0.894. The van der Waals surface area contributed by atoms with Crippen LogP contribution in [0.15, 0.2) is 27.4 Å². The van der Waals surface area contributed by atoms with Gasteiger partial charge in [-0.15, -0.1) is 10.2 Å². The molecule has 0 aliphatic rings. The zero-order chi connectivity index (χ0) is 14.8. The van der Waals surface area contributed by atoms with Gasteiger partial charge in [-0.1, -0.05) is 40.8 Å². The molecule has 0 saturated carbocycles. The Morgan fingerprint density at radius 2 is 2.05 bits per heavy atom. The zero-order valence-electron chi connectivity index (χ0n) is 12.0. The molecule has 2 aromatic rings. The monoisotopic (exact) mass is 327 g/mol. The number of rotatable bonds is 4. The van der Waals surface area contributed by atoms with E-state index in [0.717, 1.165) is 31.4 Å². The maximum absolute atomic E-state index is 6.34. The summed E-state index contributed by atoms with van der Waals surface area (Å²) >= 11 is 9.53. The molecule has 0 atom stereocenters. The average molecular weight is 328 g/mol. The fraction of sp³-hybridized carbons (Fsp3) is 0.429. The van der Waals surface area contributed by atoms with Crippen LogP contribution in [-0.4, -0.2) is 15.7 Å². The van der Waals surface area contributed by atoms with Gasteiger partial charge in [0.05, 0.1) is 0 Å². The first-order valence-corrected chi connectivity index (χ1v) is 8.36. The van der Waals surface area contributed by atoms with Crippen LogP contribution in [0, 0.1) is 6.92 Å². The predicted octanol–water partition coefficient (Wildman–Crippen LogP) is 4.54. The molecular formula is C14H18ClN3S2. The van der Waals surface area contributed by atoms with Crippen molar-refractivity contribution in [3.63, 3.8) is 0 Å². The van der Waals surface area contributed by atoms with Crippen molar-refractivity contribution in [2.24, 2.45) is 0 Å². The molecule has 2 rings (SSSR count). The van der Waals surface area contributed by atoms with Crippen molar-refractivity contribution >= 4 is 34.7 Å². The first-order chi connectivity index (χ1) is 9.33. The summed E-state index contributed by atoms with van der Waals surface area (Å²) in [5.74, 6) is 0. The van der Waals surface area contributed by atoms with Gasteiger partial charge < -0.3 is 5.32 Å². The van der Waals surface area contributed by atoms with E-state index in [1.165, 1.54) is 0 Å². The van der Waals surface area contributed by atoms with Crippen LogP contribution in [0.5, 0.6) is 0 Å². The van der Waals surface area contributed by atoms with Crippen LogP contribution in [0.25, 0.3) is 0 Å². The lowest BCUT2D eigenvalue weighted by atomic mass is 10.1. The fourth-order valence-electron chi connectivity index (χ4n) is 1.52. The average Bonchev–Trinajstić information content (AvgIpc) is 2.72. The highest BCUT2D eigenvalue weighted by Gasteiger charge is 2.11. The molecule has 0 unspecified atom stereocenters. The van der Waals surface area contributed by atoms with E-state index in [1.807, 2.05) is 13.0 Å². The maximum atomic E-state index is 6.34. The Kier molecular flexibility index (Phi) is 5.07. The Balaban J connectivity index is 2.05. The molecule has 0 bridgehead atoms. The number of nitrogens with zero attached hydrogens (tertiary/aromatic N) is 2. The molecule has 0 radical (unpaired) electrons. The second kappa shape index (κ2) is 6.43. The molecular weight excluding hydrogens is 310 g/mol. The van der Waals surface area contributed by atoms with Gasteiger partial charge in [0.2, 0.25) is 0 Å². The Morgan fingerprint density at radius 1 is 1.30 bits per heavy atom. The Bertz CT molecular complexity index is 590. The van der Waals surface area contributed by atoms with Gasteiger partial charge in [-0.25, -0.2) is 0 Å². The van der Waals surface area contributed by atoms with Gasteiger partial charge in [0.25, 0.3) is 0 Å². The lowest BCUT2D eigenvalue weighted by Crippen LogP contribution is -2.35. The van der Waals surface area contributed by atoms with E-state index >= 15 is 0 Å². The Labute approximate surface area is 133 Å². The molecule has 0 fully saturated rings. The van der Waals surface area contributed by atoms with Crippen molar-refractivity contribution in [2.75, 3.05) is 0 Å². The predicted molar refractivity (Wildman–Crippen MR) is 86.8 cm³/mol. The summed E-state index contributed by atoms with van der Waals surface area (Å²) in [6.07, 6.45) is 0. The minimum Gasteiger partial charge on any atom is -0.308 e. The summed E-state index contributed by atoms with van der Waals surface area (Å²) < 4.78 is 0.944. The maximum Gasteiger partial charge on any atom is 0.179 e. The summed E-state index contributed by atoms with van der Waals surface area (Å²) in [6.45, 7) is 9.15. The van der Waals surface area contributed by atoms with Gasteiger partial charge >= 0.3 is 0 Å². The molecule has 108 valence electrons. The molecule has 3 nitrogen and oxygen atoms in total. The van der Waals surface area contributed by atoms with Gasteiger partial charge in [0, 0.05) is 22.0 Å². The minimum atomic E-state index is 0.0842. The second-order valence-electron chi connectivity index (χ2n) is 5.55. The molecule has 0 saturated heterocycles. The number of hydrogen-bond acceptors (Lipinski definition) is 5. The smallest absolute Gasteiger partial charge is 0.179 e. The highest BCUT2D eigenvalue weighted by atomic mass is 35.5. The molecule has 0 spiro atoms. The summed E-state index contributed by atoms with van der Waals surface area (Å²) in [6, 6.07) is 6.13. The van der Waals surface area contributed by atoms with Crippen LogP contribution in [0.2, 0.25) is 5.02 Å². The van der Waals surface area contributed by atoms with Crippen LogP contribution in [-0.2, 0) is 6.54 Å². The summed E-state index contributed by atoms with van der Waals surface area (Å²) in [5.41, 5.74) is 1.19. The molecule has 20 heavy (non-hydrogen) atoms. The van der Waals surface area contributed by atoms with Crippen molar-refractivity contribution in [3.8, 4) is 0 Å². The third-order valence-corrected chi connectivity index (χ3v) is 4.78. The largest absolute Gasteiger partial charge is 0.308 e. The lowest BCUT2D eigenvalue weighted by molar-refractivity contribution is 0.424. The van der Waals surface area contributed by atoms with Crippen molar-refractivity contribution in [2.45, 2.75) is 49.0 Å². The van der Waals surface area contributed by atoms with Crippen molar-refractivity contribution in [1.82, 2.24) is 15.5 Å². The first-order valence-electron chi connectivity index (χ1n) is 6.35. The van der Waals surface area contributed by atoms with Crippen molar-refractivity contribution < 1.29 is 0 Å². The highest BCUT2D eigenvalue weighted by molar-refractivity contribution is 8.01. The number of benzene rings is 1. The number of aryl methyl sites for hydroxylation is 1. The van der Waals surface area contributed by atoms with Gasteiger partial charge in [0.15, 0.2) is 4.34 Å². The highest BCUT2D eigenvalue weighted by Crippen LogP contribution is 2.32. The molecule has 0 amide bonds. The lowest BCUT2D eigenvalue weighted by Gasteiger charge is -2.21. The van der Waals surface area contributed by atoms with Crippen molar-refractivity contribution in [3.05, 3.63) is 33.8 Å². The molecule has 6 heteroatoms. The summed E-state index contributed by atoms with van der Waals surface area (Å²) in [5, 5.41) is 13.3. The van der Waals surface area contributed by atoms with E-state index in [0.29, 0.717) is 0 Å². The van der Waals surface area contributed by atoms with Crippen LogP contribution in [0.3, 0.4) is 0 Å². The van der Waals surface area contributed by atoms with Crippen LogP contribution >= 0.6 is 34.7 Å². The van der Waals surface area contributed by atoms with Crippen LogP contribution in [0.1, 0.15) is 31.3 Å². The topological polar surface area (TPSA) is 37.8 Å². The summed E-state index contributed by atoms with van der Waals surface area (Å²) in [7, 11) is 0. The second-order valence-corrected chi connectivity index (χ2v) is 8.46. The standard InChI is InChI=1S/C14H18ClN3S2/c1-9-17-18-13(19-9)20-11-6-5-10(12(15)7-11)8-16-14(2,3)4/h5-7,16H,8H2,1-4H3. The summed E-state index contributed by atoms with van der Waals surface area (Å²) in [4.78, 5) is 1.09. The zero-order valence-corrected chi connectivity index (χ0v) is 14.4. The van der Waals surface area contributed by atoms with Gasteiger partial charge in [0.1, 0.15) is 5.01 Å². The van der Waals surface area contributed by atoms with E-state index < -0.39 is 0 Å². The van der Waals surface area contributed by atoms with Crippen LogP contribution < -0.4 is 5.32 Å². The van der Waals surface area contributed by atoms with Crippen molar-refractivity contribution in [1.29, 1.82) is 0 Å². The third kappa shape index (κ3) is 4.74. The fourth-order valence-corrected chi connectivity index (χ4v) is 3.66. The molecule has 0 aliphatic carbocycles. The van der Waals surface area contributed by atoms with E-state index in [1.54, 1.807) is 23.1 Å². The molecule has 1 aromatic heterocycles. The van der Waals surface area contributed by atoms with E-state index in [-0.39, 0.29) is 5.54 Å². The molecule has 1 heterocycles. The first kappa shape index (κ1) is 15.8. The van der Waals surface area contributed by atoms with Gasteiger partial charge in [-0.05, 0) is 45.4 Å². The van der Waals surface area contributed by atoms with Crippen LogP contribution in [0.4, 0.5) is 0 Å². The van der Waals surface area contributed by atoms with E-state index in [2.05, 4.69) is 48.4 Å². The molecule has 0 aliphatic heterocycles. The number of halogens is 1. The minimum absolute atomic E-state index is 0.0842. The molecule has 1 N–H and O–H groups in total. The number of nitrogens with one attached hydrogen (secondary N) is 1. The Morgan fingerprint density at radius 3 is 2.60 bits per heavy atom. The van der Waals surface area contributed by atoms with E-state index in [4.69, 9.17) is 11.6 Å². The molecule has 1 aromatic carbocycles. The number of hydrogen-bond donors (Lipinski definition) is 1. The SMILES string of the molecule is Cc1nnc(Sc2ccc(CNC(C)(C)C)c(Cl)c2)s1. The van der Waals surface area contributed by atoms with Gasteiger partial charge in [-0.3, -0.25) is 0 Å². The Hall–Kier alpha value is -0.620. The normalized spacial score (nSPS) is 11.8. The van der Waals surface area contributed by atoms with Gasteiger partial charge in [-0.2, -0.15) is 0 Å². The van der Waals surface area contributed by atoms with E-state index in [9.17, 15) is 0 Å². The third-order valence-electron chi connectivity index (χ3n) is 2.55.